The van der Waals surface area contributed by atoms with Crippen LogP contribution in [-0.2, 0) is 4.79 Å². The van der Waals surface area contributed by atoms with Crippen LogP contribution in [0.15, 0.2) is 18.2 Å². The summed E-state index contributed by atoms with van der Waals surface area (Å²) in [6.07, 6.45) is 2.44. The maximum atomic E-state index is 11.9. The number of benzene rings is 1. The summed E-state index contributed by atoms with van der Waals surface area (Å²) in [6.45, 7) is 1.96. The van der Waals surface area contributed by atoms with Gasteiger partial charge in [0.15, 0.2) is 0 Å². The molecule has 1 fully saturated rings. The van der Waals surface area contributed by atoms with Crippen molar-refractivity contribution in [2.24, 2.45) is 0 Å². The topological polar surface area (TPSA) is 49.4 Å². The Labute approximate surface area is 128 Å². The number of nitrogens with one attached hydrogen (secondary N) is 1. The number of carbonyl (C=O) groups is 2. The molecule has 108 valence electrons. The minimum absolute atomic E-state index is 0.0833. The van der Waals surface area contributed by atoms with E-state index < -0.39 is 0 Å². The Hall–Kier alpha value is -1.26. The fraction of sp³-hybridized carbons (Fsp3) is 0.429. The van der Waals surface area contributed by atoms with Gasteiger partial charge in [0.05, 0.1) is 10.6 Å². The molecule has 0 radical (unpaired) electrons. The normalized spacial score (nSPS) is 14.4. The Morgan fingerprint density at radius 3 is 2.60 bits per heavy atom. The fourth-order valence-corrected chi connectivity index (χ4v) is 2.55. The van der Waals surface area contributed by atoms with Crippen molar-refractivity contribution in [2.45, 2.75) is 19.3 Å². The molecule has 6 heteroatoms. The average molecular weight is 315 g/mol. The lowest BCUT2D eigenvalue weighted by atomic mass is 10.2. The number of halogens is 2. The number of nitrogens with zero attached hydrogens (tertiary/aromatic N) is 1. The van der Waals surface area contributed by atoms with Crippen molar-refractivity contribution >= 4 is 35.0 Å². The Bertz CT molecular complexity index is 514. The molecule has 1 aromatic carbocycles. The van der Waals surface area contributed by atoms with E-state index in [2.05, 4.69) is 5.32 Å². The third-order valence-corrected chi connectivity index (χ3v) is 3.82. The Morgan fingerprint density at radius 1 is 1.20 bits per heavy atom. The summed E-state index contributed by atoms with van der Waals surface area (Å²) in [4.78, 5) is 25.6. The summed E-state index contributed by atoms with van der Waals surface area (Å²) < 4.78 is 0. The smallest absolute Gasteiger partial charge is 0.252 e. The van der Waals surface area contributed by atoms with E-state index in [4.69, 9.17) is 23.2 Å². The predicted octanol–water partition coefficient (Wildman–Crippen LogP) is 2.74. The van der Waals surface area contributed by atoms with Gasteiger partial charge in [0.2, 0.25) is 5.91 Å². The lowest BCUT2D eigenvalue weighted by Gasteiger charge is -2.15. The first-order chi connectivity index (χ1) is 9.58. The molecule has 0 spiro atoms. The molecule has 1 saturated heterocycles. The second kappa shape index (κ2) is 6.95. The zero-order valence-electron chi connectivity index (χ0n) is 11.0. The zero-order chi connectivity index (χ0) is 14.5. The number of amides is 2. The largest absolute Gasteiger partial charge is 0.351 e. The van der Waals surface area contributed by atoms with E-state index in [0.717, 1.165) is 25.9 Å². The highest BCUT2D eigenvalue weighted by Crippen LogP contribution is 2.20. The van der Waals surface area contributed by atoms with Crippen molar-refractivity contribution in [1.29, 1.82) is 0 Å². The molecule has 20 heavy (non-hydrogen) atoms. The molecule has 0 saturated carbocycles. The van der Waals surface area contributed by atoms with Crippen molar-refractivity contribution in [1.82, 2.24) is 10.2 Å². The molecule has 2 amide bonds. The number of likely N-dealkylation sites (tertiary alicyclic amines) is 1. The third kappa shape index (κ3) is 3.87. The summed E-state index contributed by atoms with van der Waals surface area (Å²) in [5.41, 5.74) is 0.327. The fourth-order valence-electron chi connectivity index (χ4n) is 2.17. The van der Waals surface area contributed by atoms with Crippen LogP contribution in [0.2, 0.25) is 10.0 Å². The first-order valence-electron chi connectivity index (χ1n) is 6.59. The monoisotopic (exact) mass is 314 g/mol. The van der Waals surface area contributed by atoms with Crippen LogP contribution >= 0.6 is 23.2 Å². The van der Waals surface area contributed by atoms with E-state index in [-0.39, 0.29) is 11.8 Å². The number of carbonyl (C=O) groups excluding carboxylic acids is 2. The summed E-state index contributed by atoms with van der Waals surface area (Å²) in [5, 5.41) is 3.49. The van der Waals surface area contributed by atoms with Crippen LogP contribution in [0.5, 0.6) is 0 Å². The van der Waals surface area contributed by atoms with Crippen LogP contribution in [0.1, 0.15) is 29.6 Å². The first kappa shape index (κ1) is 15.1. The van der Waals surface area contributed by atoms with Gasteiger partial charge in [-0.1, -0.05) is 23.2 Å². The third-order valence-electron chi connectivity index (χ3n) is 3.26. The van der Waals surface area contributed by atoms with Gasteiger partial charge in [0.25, 0.3) is 5.91 Å². The van der Waals surface area contributed by atoms with Gasteiger partial charge in [-0.2, -0.15) is 0 Å². The summed E-state index contributed by atoms with van der Waals surface area (Å²) in [6, 6.07) is 4.72. The molecular formula is C14H16Cl2N2O2. The lowest BCUT2D eigenvalue weighted by molar-refractivity contribution is -0.129. The molecule has 1 aliphatic heterocycles. The quantitative estimate of drug-likeness (QED) is 0.929. The molecule has 0 atom stereocenters. The van der Waals surface area contributed by atoms with Gasteiger partial charge in [-0.15, -0.1) is 0 Å². The van der Waals surface area contributed by atoms with Gasteiger partial charge in [0.1, 0.15) is 0 Å². The van der Waals surface area contributed by atoms with Gasteiger partial charge < -0.3 is 10.2 Å². The van der Waals surface area contributed by atoms with Crippen LogP contribution < -0.4 is 5.32 Å². The van der Waals surface area contributed by atoms with Gasteiger partial charge in [-0.25, -0.2) is 0 Å². The van der Waals surface area contributed by atoms with Gasteiger partial charge >= 0.3 is 0 Å². The number of hydrogen-bond acceptors (Lipinski definition) is 2. The van der Waals surface area contributed by atoms with Crippen LogP contribution in [0.4, 0.5) is 0 Å². The molecule has 1 heterocycles. The second-order valence-corrected chi connectivity index (χ2v) is 5.56. The zero-order valence-corrected chi connectivity index (χ0v) is 12.5. The molecule has 1 N–H and O–H groups in total. The molecule has 1 aromatic rings. The molecular weight excluding hydrogens is 299 g/mol. The van der Waals surface area contributed by atoms with Crippen molar-refractivity contribution in [3.63, 3.8) is 0 Å². The highest BCUT2D eigenvalue weighted by Gasteiger charge is 2.18. The van der Waals surface area contributed by atoms with Gasteiger partial charge in [0, 0.05) is 31.1 Å². The molecule has 0 aromatic heterocycles. The van der Waals surface area contributed by atoms with Crippen LogP contribution in [0.3, 0.4) is 0 Å². The first-order valence-corrected chi connectivity index (χ1v) is 7.34. The summed E-state index contributed by atoms with van der Waals surface area (Å²) >= 11 is 11.8. The molecule has 4 nitrogen and oxygen atoms in total. The van der Waals surface area contributed by atoms with Crippen molar-refractivity contribution < 1.29 is 9.59 Å². The van der Waals surface area contributed by atoms with Crippen molar-refractivity contribution in [3.8, 4) is 0 Å². The second-order valence-electron chi connectivity index (χ2n) is 4.72. The van der Waals surface area contributed by atoms with Crippen molar-refractivity contribution in [2.75, 3.05) is 19.6 Å². The molecule has 0 unspecified atom stereocenters. The predicted molar refractivity (Wildman–Crippen MR) is 79.2 cm³/mol. The summed E-state index contributed by atoms with van der Waals surface area (Å²) in [7, 11) is 0. The van der Waals surface area contributed by atoms with Gasteiger partial charge in [-0.05, 0) is 31.0 Å². The Balaban J connectivity index is 1.83. The average Bonchev–Trinajstić information content (AvgIpc) is 2.95. The van der Waals surface area contributed by atoms with E-state index in [1.807, 2.05) is 4.90 Å². The van der Waals surface area contributed by atoms with Gasteiger partial charge in [-0.3, -0.25) is 9.59 Å². The lowest BCUT2D eigenvalue weighted by Crippen LogP contribution is -2.32. The highest BCUT2D eigenvalue weighted by atomic mass is 35.5. The van der Waals surface area contributed by atoms with E-state index in [1.54, 1.807) is 12.1 Å². The van der Waals surface area contributed by atoms with E-state index >= 15 is 0 Å². The highest BCUT2D eigenvalue weighted by molar-refractivity contribution is 6.35. The maximum absolute atomic E-state index is 11.9. The van der Waals surface area contributed by atoms with Crippen molar-refractivity contribution in [3.05, 3.63) is 33.8 Å². The van der Waals surface area contributed by atoms with E-state index in [9.17, 15) is 9.59 Å². The maximum Gasteiger partial charge on any atom is 0.252 e. The van der Waals surface area contributed by atoms with E-state index in [1.165, 1.54) is 6.07 Å². The standard InChI is InChI=1S/C14H16Cl2N2O2/c15-10-3-4-12(16)11(9-10)14(20)17-6-5-13(19)18-7-1-2-8-18/h3-4,9H,1-2,5-8H2,(H,17,20). The van der Waals surface area contributed by atoms with Crippen LogP contribution in [-0.4, -0.2) is 36.3 Å². The molecule has 1 aliphatic rings. The van der Waals surface area contributed by atoms with Crippen LogP contribution in [0, 0.1) is 0 Å². The SMILES string of the molecule is O=C(NCCC(=O)N1CCCC1)c1cc(Cl)ccc1Cl. The Morgan fingerprint density at radius 2 is 1.90 bits per heavy atom. The Kier molecular flexibility index (Phi) is 5.26. The minimum atomic E-state index is -0.313. The molecule has 2 rings (SSSR count). The van der Waals surface area contributed by atoms with Crippen LogP contribution in [0.25, 0.3) is 0 Å². The molecule has 0 aliphatic carbocycles. The summed E-state index contributed by atoms with van der Waals surface area (Å²) in [5.74, 6) is -0.230. The van der Waals surface area contributed by atoms with E-state index in [0.29, 0.717) is 28.6 Å². The number of hydrogen-bond donors (Lipinski definition) is 1. The molecule has 0 bridgehead atoms. The number of rotatable bonds is 4. The minimum Gasteiger partial charge on any atom is -0.351 e.